The number of piperazine rings is 1. The third-order valence-corrected chi connectivity index (χ3v) is 8.72. The van der Waals surface area contributed by atoms with Gasteiger partial charge in [0.05, 0.1) is 11.8 Å². The van der Waals surface area contributed by atoms with Crippen molar-refractivity contribution in [3.8, 4) is 11.3 Å². The zero-order valence-electron chi connectivity index (χ0n) is 22.6. The van der Waals surface area contributed by atoms with Gasteiger partial charge in [0.1, 0.15) is 18.7 Å². The van der Waals surface area contributed by atoms with Gasteiger partial charge in [-0.3, -0.25) is 14.4 Å². The average molecular weight is 540 g/mol. The molecule has 3 fully saturated rings. The standard InChI is InChI=1S/C28H37N5O4S/c1-17(2)15-21(27(36)33-10-9-23-25(33)22(34)16-37-23)29-26(35)20-7-5-19(6-8-20)24-18(3)38-28(30-24)32-13-11-31(4)12-14-32/h5-8,17,21,23,25H,9-16H2,1-4H3,(H,29,35)/t21?,23-,25-/m1/s1. The minimum Gasteiger partial charge on any atom is -0.368 e. The first kappa shape index (κ1) is 26.8. The molecule has 38 heavy (non-hydrogen) atoms. The van der Waals surface area contributed by atoms with Crippen LogP contribution in [0.3, 0.4) is 0 Å². The van der Waals surface area contributed by atoms with Gasteiger partial charge in [0, 0.05) is 48.7 Å². The number of ketones is 1. The van der Waals surface area contributed by atoms with E-state index in [4.69, 9.17) is 9.72 Å². The summed E-state index contributed by atoms with van der Waals surface area (Å²) in [5.74, 6) is -0.361. The van der Waals surface area contributed by atoms with E-state index in [1.165, 1.54) is 0 Å². The van der Waals surface area contributed by atoms with Gasteiger partial charge in [-0.25, -0.2) is 4.98 Å². The Balaban J connectivity index is 1.27. The molecule has 1 N–H and O–H groups in total. The van der Waals surface area contributed by atoms with Crippen LogP contribution in [-0.2, 0) is 14.3 Å². The Morgan fingerprint density at radius 2 is 1.84 bits per heavy atom. The van der Waals surface area contributed by atoms with E-state index < -0.39 is 12.1 Å². The molecule has 0 aliphatic carbocycles. The summed E-state index contributed by atoms with van der Waals surface area (Å²) in [5, 5.41) is 3.99. The predicted octanol–water partition coefficient (Wildman–Crippen LogP) is 2.58. The molecule has 3 aliphatic heterocycles. The molecular weight excluding hydrogens is 502 g/mol. The zero-order chi connectivity index (χ0) is 27.0. The van der Waals surface area contributed by atoms with Crippen molar-refractivity contribution in [2.45, 2.75) is 51.8 Å². The average Bonchev–Trinajstić information content (AvgIpc) is 3.60. The highest BCUT2D eigenvalue weighted by atomic mass is 32.1. The molecule has 10 heteroatoms. The van der Waals surface area contributed by atoms with Crippen molar-refractivity contribution >= 4 is 34.1 Å². The fourth-order valence-electron chi connectivity index (χ4n) is 5.54. The van der Waals surface area contributed by atoms with Gasteiger partial charge >= 0.3 is 0 Å². The first-order chi connectivity index (χ1) is 18.2. The van der Waals surface area contributed by atoms with E-state index in [1.807, 2.05) is 26.0 Å². The van der Waals surface area contributed by atoms with Crippen LogP contribution in [-0.4, -0.2) is 96.9 Å². The Kier molecular flexibility index (Phi) is 7.83. The Labute approximate surface area is 228 Å². The molecule has 4 heterocycles. The molecule has 0 radical (unpaired) electrons. The molecule has 2 amide bonds. The van der Waals surface area contributed by atoms with E-state index in [2.05, 4.69) is 29.1 Å². The molecule has 3 aliphatic rings. The number of fused-ring (bicyclic) bond motifs is 1. The second-order valence-corrected chi connectivity index (χ2v) is 12.2. The summed E-state index contributed by atoms with van der Waals surface area (Å²) >= 11 is 1.71. The zero-order valence-corrected chi connectivity index (χ0v) is 23.4. The van der Waals surface area contributed by atoms with Gasteiger partial charge in [-0.05, 0) is 44.9 Å². The first-order valence-electron chi connectivity index (χ1n) is 13.5. The number of Topliss-reactive ketones (excluding diaryl/α,β-unsaturated/α-hetero) is 1. The maximum absolute atomic E-state index is 13.5. The van der Waals surface area contributed by atoms with E-state index in [0.29, 0.717) is 24.9 Å². The summed E-state index contributed by atoms with van der Waals surface area (Å²) in [6, 6.07) is 6.20. The number of carbonyl (C=O) groups excluding carboxylic acids is 3. The minimum atomic E-state index is -0.693. The largest absolute Gasteiger partial charge is 0.368 e. The number of rotatable bonds is 7. The Morgan fingerprint density at radius 3 is 2.53 bits per heavy atom. The number of ether oxygens (including phenoxy) is 1. The van der Waals surface area contributed by atoms with E-state index in [0.717, 1.165) is 47.4 Å². The molecule has 5 rings (SSSR count). The summed E-state index contributed by atoms with van der Waals surface area (Å²) in [4.78, 5) is 51.3. The topological polar surface area (TPSA) is 95.1 Å². The lowest BCUT2D eigenvalue weighted by atomic mass is 10.0. The van der Waals surface area contributed by atoms with Crippen LogP contribution in [0.5, 0.6) is 0 Å². The van der Waals surface area contributed by atoms with E-state index in [9.17, 15) is 14.4 Å². The van der Waals surface area contributed by atoms with Gasteiger partial charge in [0.25, 0.3) is 5.91 Å². The van der Waals surface area contributed by atoms with Crippen LogP contribution in [0.2, 0.25) is 0 Å². The number of likely N-dealkylation sites (N-methyl/N-ethyl adjacent to an activating group) is 1. The number of likely N-dealkylation sites (tertiary alicyclic amines) is 1. The van der Waals surface area contributed by atoms with Crippen LogP contribution in [0.4, 0.5) is 5.13 Å². The number of hydrogen-bond donors (Lipinski definition) is 1. The van der Waals surface area contributed by atoms with E-state index in [-0.39, 0.29) is 36.2 Å². The van der Waals surface area contributed by atoms with Crippen molar-refractivity contribution < 1.29 is 19.1 Å². The van der Waals surface area contributed by atoms with Crippen molar-refractivity contribution in [3.63, 3.8) is 0 Å². The molecule has 9 nitrogen and oxygen atoms in total. The number of nitrogens with one attached hydrogen (secondary N) is 1. The lowest BCUT2D eigenvalue weighted by Crippen LogP contribution is -2.52. The third-order valence-electron chi connectivity index (χ3n) is 7.69. The maximum Gasteiger partial charge on any atom is 0.251 e. The fourth-order valence-corrected chi connectivity index (χ4v) is 6.52. The van der Waals surface area contributed by atoms with Gasteiger partial charge < -0.3 is 24.8 Å². The van der Waals surface area contributed by atoms with Crippen LogP contribution in [0.15, 0.2) is 24.3 Å². The van der Waals surface area contributed by atoms with Crippen LogP contribution >= 0.6 is 11.3 Å². The van der Waals surface area contributed by atoms with Crippen LogP contribution in [0.1, 0.15) is 41.9 Å². The molecule has 1 aromatic heterocycles. The number of nitrogens with zero attached hydrogens (tertiary/aromatic N) is 4. The van der Waals surface area contributed by atoms with E-state index in [1.54, 1.807) is 28.4 Å². The summed E-state index contributed by atoms with van der Waals surface area (Å²) in [5.41, 5.74) is 2.39. The number of thiazole rings is 1. The second-order valence-electron chi connectivity index (χ2n) is 11.0. The molecule has 1 aromatic carbocycles. The molecule has 3 saturated heterocycles. The minimum absolute atomic E-state index is 0.0563. The summed E-state index contributed by atoms with van der Waals surface area (Å²) < 4.78 is 5.54. The molecule has 0 spiro atoms. The molecular formula is C28H37N5O4S. The van der Waals surface area contributed by atoms with Crippen molar-refractivity contribution in [3.05, 3.63) is 34.7 Å². The molecule has 1 unspecified atom stereocenters. The lowest BCUT2D eigenvalue weighted by molar-refractivity contribution is -0.138. The Bertz CT molecular complexity index is 1190. The predicted molar refractivity (Wildman–Crippen MR) is 148 cm³/mol. The van der Waals surface area contributed by atoms with Crippen molar-refractivity contribution in [2.75, 3.05) is 51.3 Å². The van der Waals surface area contributed by atoms with Gasteiger partial charge in [-0.1, -0.05) is 26.0 Å². The number of benzene rings is 1. The lowest BCUT2D eigenvalue weighted by Gasteiger charge is -2.32. The third kappa shape index (κ3) is 5.48. The van der Waals surface area contributed by atoms with Crippen LogP contribution in [0.25, 0.3) is 11.3 Å². The van der Waals surface area contributed by atoms with Crippen LogP contribution in [0, 0.1) is 12.8 Å². The fraction of sp³-hybridized carbons (Fsp3) is 0.571. The highest BCUT2D eigenvalue weighted by molar-refractivity contribution is 7.16. The molecule has 3 atom stereocenters. The maximum atomic E-state index is 13.5. The van der Waals surface area contributed by atoms with Gasteiger partial charge in [0.2, 0.25) is 5.91 Å². The van der Waals surface area contributed by atoms with Crippen molar-refractivity contribution in [1.29, 1.82) is 0 Å². The van der Waals surface area contributed by atoms with Gasteiger partial charge in [0.15, 0.2) is 10.9 Å². The SMILES string of the molecule is Cc1sc(N2CCN(C)CC2)nc1-c1ccc(C(=O)NC(CC(C)C)C(=O)N2CC[C@H]3OCC(=O)[C@H]32)cc1. The van der Waals surface area contributed by atoms with Crippen molar-refractivity contribution in [2.24, 2.45) is 5.92 Å². The van der Waals surface area contributed by atoms with Gasteiger partial charge in [-0.2, -0.15) is 0 Å². The number of hydrogen-bond acceptors (Lipinski definition) is 8. The summed E-state index contributed by atoms with van der Waals surface area (Å²) in [6.07, 6.45) is 0.928. The van der Waals surface area contributed by atoms with Gasteiger partial charge in [-0.15, -0.1) is 11.3 Å². The number of aromatic nitrogens is 1. The normalized spacial score (nSPS) is 22.7. The monoisotopic (exact) mass is 539 g/mol. The number of amides is 2. The highest BCUT2D eigenvalue weighted by Crippen LogP contribution is 2.33. The summed E-state index contributed by atoms with van der Waals surface area (Å²) in [7, 11) is 2.14. The second kappa shape index (κ2) is 11.1. The summed E-state index contributed by atoms with van der Waals surface area (Å²) in [6.45, 7) is 10.6. The van der Waals surface area contributed by atoms with Crippen LogP contribution < -0.4 is 10.2 Å². The number of carbonyl (C=O) groups is 3. The number of anilines is 1. The van der Waals surface area contributed by atoms with E-state index >= 15 is 0 Å². The molecule has 2 aromatic rings. The van der Waals surface area contributed by atoms with Crippen molar-refractivity contribution in [1.82, 2.24) is 20.1 Å². The molecule has 0 saturated carbocycles. The highest BCUT2D eigenvalue weighted by Gasteiger charge is 2.48. The quantitative estimate of drug-likeness (QED) is 0.578. The molecule has 204 valence electrons. The Hall–Kier alpha value is -2.82. The smallest absolute Gasteiger partial charge is 0.251 e. The first-order valence-corrected chi connectivity index (χ1v) is 14.3. The molecule has 0 bridgehead atoms. The number of aryl methyl sites for hydroxylation is 1. The Morgan fingerprint density at radius 1 is 1.13 bits per heavy atom.